The molecule has 0 bridgehead atoms. The van der Waals surface area contributed by atoms with Crippen LogP contribution >= 0.6 is 0 Å². The number of nitrogens with one attached hydrogen (secondary N) is 1. The smallest absolute Gasteiger partial charge is 0.222 e. The Hall–Kier alpha value is -0.610. The van der Waals surface area contributed by atoms with Gasteiger partial charge in [-0.25, -0.2) is 0 Å². The fraction of sp³-hybridized carbons (Fsp3) is 0.947. The highest BCUT2D eigenvalue weighted by Crippen LogP contribution is 2.23. The first-order valence-corrected chi connectivity index (χ1v) is 9.68. The summed E-state index contributed by atoms with van der Waals surface area (Å²) in [6.45, 7) is 18.1. The Labute approximate surface area is 144 Å². The Kier molecular flexibility index (Phi) is 9.80. The third-order valence-corrected chi connectivity index (χ3v) is 5.16. The molecule has 0 saturated carbocycles. The number of hydrogen-bond acceptors (Lipinski definition) is 3. The zero-order chi connectivity index (χ0) is 17.2. The molecule has 4 nitrogen and oxygen atoms in total. The lowest BCUT2D eigenvalue weighted by Gasteiger charge is -2.32. The maximum absolute atomic E-state index is 12.8. The van der Waals surface area contributed by atoms with Crippen molar-refractivity contribution in [2.45, 2.75) is 53.9 Å². The molecule has 1 saturated heterocycles. The van der Waals surface area contributed by atoms with E-state index in [0.29, 0.717) is 30.1 Å². The van der Waals surface area contributed by atoms with Crippen molar-refractivity contribution in [3.05, 3.63) is 0 Å². The zero-order valence-corrected chi connectivity index (χ0v) is 16.1. The minimum absolute atomic E-state index is 0.351. The summed E-state index contributed by atoms with van der Waals surface area (Å²) in [5.74, 6) is 2.03. The second-order valence-electron chi connectivity index (χ2n) is 7.55. The number of piperidine rings is 1. The highest BCUT2D eigenvalue weighted by Gasteiger charge is 2.24. The van der Waals surface area contributed by atoms with Crippen LogP contribution in [0.5, 0.6) is 0 Å². The van der Waals surface area contributed by atoms with Gasteiger partial charge >= 0.3 is 0 Å². The molecule has 2 unspecified atom stereocenters. The van der Waals surface area contributed by atoms with E-state index in [4.69, 9.17) is 0 Å². The summed E-state index contributed by atoms with van der Waals surface area (Å²) < 4.78 is 0. The average Bonchev–Trinajstić information content (AvgIpc) is 2.55. The van der Waals surface area contributed by atoms with E-state index < -0.39 is 0 Å². The van der Waals surface area contributed by atoms with E-state index >= 15 is 0 Å². The Balaban J connectivity index is 2.52. The number of rotatable bonds is 10. The molecular weight excluding hydrogens is 286 g/mol. The number of amides is 1. The van der Waals surface area contributed by atoms with E-state index in [-0.39, 0.29) is 0 Å². The normalized spacial score (nSPS) is 20.0. The van der Waals surface area contributed by atoms with Gasteiger partial charge in [-0.15, -0.1) is 0 Å². The zero-order valence-electron chi connectivity index (χ0n) is 16.1. The van der Waals surface area contributed by atoms with Crippen LogP contribution in [-0.2, 0) is 4.79 Å². The molecule has 0 radical (unpaired) electrons. The first-order chi connectivity index (χ1) is 11.0. The van der Waals surface area contributed by atoms with Crippen LogP contribution in [0.1, 0.15) is 53.9 Å². The van der Waals surface area contributed by atoms with Crippen molar-refractivity contribution in [1.82, 2.24) is 15.1 Å². The molecule has 1 fully saturated rings. The molecule has 0 aromatic carbocycles. The Morgan fingerprint density at radius 2 is 1.87 bits per heavy atom. The van der Waals surface area contributed by atoms with Crippen LogP contribution in [0, 0.1) is 17.8 Å². The topological polar surface area (TPSA) is 35.6 Å². The maximum atomic E-state index is 12.8. The van der Waals surface area contributed by atoms with Crippen molar-refractivity contribution in [1.29, 1.82) is 0 Å². The fourth-order valence-electron chi connectivity index (χ4n) is 3.50. The monoisotopic (exact) mass is 325 g/mol. The molecule has 0 spiro atoms. The van der Waals surface area contributed by atoms with Gasteiger partial charge in [0.25, 0.3) is 0 Å². The summed E-state index contributed by atoms with van der Waals surface area (Å²) in [4.78, 5) is 17.3. The van der Waals surface area contributed by atoms with Crippen LogP contribution in [0.3, 0.4) is 0 Å². The van der Waals surface area contributed by atoms with Crippen molar-refractivity contribution >= 4 is 5.91 Å². The number of likely N-dealkylation sites (N-methyl/N-ethyl adjacent to an activating group) is 1. The summed E-state index contributed by atoms with van der Waals surface area (Å²) in [5.41, 5.74) is 0. The van der Waals surface area contributed by atoms with Crippen molar-refractivity contribution in [2.24, 2.45) is 17.8 Å². The molecular formula is C19H39N3O. The lowest BCUT2D eigenvalue weighted by molar-refractivity contribution is -0.133. The van der Waals surface area contributed by atoms with Gasteiger partial charge in [-0.1, -0.05) is 34.6 Å². The van der Waals surface area contributed by atoms with Gasteiger partial charge in [-0.3, -0.25) is 4.79 Å². The van der Waals surface area contributed by atoms with Crippen LogP contribution in [0.2, 0.25) is 0 Å². The van der Waals surface area contributed by atoms with Gasteiger partial charge in [0.15, 0.2) is 0 Å². The molecule has 2 atom stereocenters. The summed E-state index contributed by atoms with van der Waals surface area (Å²) in [6, 6.07) is 0. The molecule has 1 amide bonds. The third-order valence-electron chi connectivity index (χ3n) is 5.16. The van der Waals surface area contributed by atoms with Crippen molar-refractivity contribution in [3.63, 3.8) is 0 Å². The second kappa shape index (κ2) is 11.0. The van der Waals surface area contributed by atoms with Crippen molar-refractivity contribution in [3.8, 4) is 0 Å². The van der Waals surface area contributed by atoms with Crippen LogP contribution in [0.4, 0.5) is 0 Å². The molecule has 1 N–H and O–H groups in total. The second-order valence-corrected chi connectivity index (χ2v) is 7.55. The number of hydrogen-bond donors (Lipinski definition) is 1. The van der Waals surface area contributed by atoms with Gasteiger partial charge in [-0.2, -0.15) is 0 Å². The summed E-state index contributed by atoms with van der Waals surface area (Å²) in [5, 5.41) is 3.47. The van der Waals surface area contributed by atoms with E-state index in [9.17, 15) is 4.79 Å². The molecule has 0 aromatic rings. The third kappa shape index (κ3) is 7.67. The first kappa shape index (κ1) is 20.4. The fourth-order valence-corrected chi connectivity index (χ4v) is 3.50. The van der Waals surface area contributed by atoms with E-state index in [1.807, 2.05) is 0 Å². The van der Waals surface area contributed by atoms with Crippen LogP contribution in [0.15, 0.2) is 0 Å². The number of carbonyl (C=O) groups excluding carboxylic acids is 1. The molecule has 136 valence electrons. The minimum atomic E-state index is 0.351. The Morgan fingerprint density at radius 3 is 2.39 bits per heavy atom. The Bertz CT molecular complexity index is 323. The molecule has 4 heteroatoms. The van der Waals surface area contributed by atoms with Crippen LogP contribution < -0.4 is 5.32 Å². The lowest BCUT2D eigenvalue weighted by Crippen LogP contribution is -2.42. The van der Waals surface area contributed by atoms with Crippen molar-refractivity contribution in [2.75, 3.05) is 45.8 Å². The van der Waals surface area contributed by atoms with Gasteiger partial charge in [-0.05, 0) is 56.8 Å². The lowest BCUT2D eigenvalue weighted by atomic mass is 9.85. The van der Waals surface area contributed by atoms with Gasteiger partial charge in [0, 0.05) is 26.1 Å². The van der Waals surface area contributed by atoms with Crippen molar-refractivity contribution < 1.29 is 4.79 Å². The van der Waals surface area contributed by atoms with E-state index in [2.05, 4.69) is 49.7 Å². The summed E-state index contributed by atoms with van der Waals surface area (Å²) in [7, 11) is 0. The highest BCUT2D eigenvalue weighted by atomic mass is 16.2. The SMILES string of the molecule is CCN(CC)CCN(CC(C)C)C(=O)CC(C)C1CCCNC1. The largest absolute Gasteiger partial charge is 0.341 e. The van der Waals surface area contributed by atoms with Crippen LogP contribution in [-0.4, -0.2) is 61.5 Å². The number of carbonyl (C=O) groups is 1. The van der Waals surface area contributed by atoms with Crippen LogP contribution in [0.25, 0.3) is 0 Å². The highest BCUT2D eigenvalue weighted by molar-refractivity contribution is 5.76. The minimum Gasteiger partial charge on any atom is -0.341 e. The van der Waals surface area contributed by atoms with Gasteiger partial charge in [0.1, 0.15) is 0 Å². The van der Waals surface area contributed by atoms with Gasteiger partial charge in [0.05, 0.1) is 0 Å². The molecule has 1 rings (SSSR count). The summed E-state index contributed by atoms with van der Waals surface area (Å²) >= 11 is 0. The molecule has 1 aliphatic heterocycles. The maximum Gasteiger partial charge on any atom is 0.222 e. The predicted molar refractivity (Wildman–Crippen MR) is 98.6 cm³/mol. The molecule has 1 aliphatic rings. The van der Waals surface area contributed by atoms with Gasteiger partial charge in [0.2, 0.25) is 5.91 Å². The first-order valence-electron chi connectivity index (χ1n) is 9.68. The van der Waals surface area contributed by atoms with E-state index in [0.717, 1.165) is 45.8 Å². The quantitative estimate of drug-likeness (QED) is 0.671. The Morgan fingerprint density at radius 1 is 1.17 bits per heavy atom. The van der Waals surface area contributed by atoms with E-state index in [1.165, 1.54) is 12.8 Å². The molecule has 0 aliphatic carbocycles. The average molecular weight is 326 g/mol. The molecule has 23 heavy (non-hydrogen) atoms. The van der Waals surface area contributed by atoms with E-state index in [1.54, 1.807) is 0 Å². The number of nitrogens with zero attached hydrogens (tertiary/aromatic N) is 2. The van der Waals surface area contributed by atoms with Gasteiger partial charge < -0.3 is 15.1 Å². The molecule has 1 heterocycles. The summed E-state index contributed by atoms with van der Waals surface area (Å²) in [6.07, 6.45) is 3.23. The molecule has 0 aromatic heterocycles. The standard InChI is InChI=1S/C19H39N3O/c1-6-21(7-2)11-12-22(15-16(3)4)19(23)13-17(5)18-9-8-10-20-14-18/h16-18,20H,6-15H2,1-5H3. The predicted octanol–water partition coefficient (Wildman–Crippen LogP) is 2.84.